The van der Waals surface area contributed by atoms with Crippen LogP contribution < -0.4 is 10.1 Å². The number of alkyl halides is 3. The highest BCUT2D eigenvalue weighted by atomic mass is 19.4. The summed E-state index contributed by atoms with van der Waals surface area (Å²) >= 11 is 0. The predicted octanol–water partition coefficient (Wildman–Crippen LogP) is 2.14. The number of halogens is 3. The van der Waals surface area contributed by atoms with Gasteiger partial charge in [0, 0.05) is 6.54 Å². The first kappa shape index (κ1) is 13.7. The van der Waals surface area contributed by atoms with E-state index in [0.717, 1.165) is 12.1 Å². The molecule has 1 saturated heterocycles. The number of nitrogens with zero attached hydrogens (tertiary/aromatic N) is 1. The Labute approximate surface area is 117 Å². The minimum Gasteiger partial charge on any atom is -0.406 e. The molecule has 0 aliphatic carbocycles. The Hall–Kier alpha value is -2.25. The molecule has 2 aliphatic rings. The number of ether oxygens (including phenoxy) is 1. The predicted molar refractivity (Wildman–Crippen MR) is 65.8 cm³/mol. The highest BCUT2D eigenvalue weighted by Gasteiger charge is 2.39. The van der Waals surface area contributed by atoms with Crippen molar-refractivity contribution in [2.24, 2.45) is 0 Å². The molecular weight excluding hydrogens is 289 g/mol. The maximum Gasteiger partial charge on any atom is 0.573 e. The smallest absolute Gasteiger partial charge is 0.406 e. The van der Waals surface area contributed by atoms with Gasteiger partial charge in [0.25, 0.3) is 5.91 Å². The lowest BCUT2D eigenvalue weighted by Gasteiger charge is -2.20. The van der Waals surface area contributed by atoms with E-state index in [4.69, 9.17) is 0 Å². The maximum absolute atomic E-state index is 12.4. The lowest BCUT2D eigenvalue weighted by molar-refractivity contribution is -0.274. The summed E-state index contributed by atoms with van der Waals surface area (Å²) in [5, 5.41) is 2.58. The first-order valence-corrected chi connectivity index (χ1v) is 6.37. The molecule has 1 aromatic rings. The van der Waals surface area contributed by atoms with Crippen molar-refractivity contribution in [3.05, 3.63) is 23.8 Å². The Morgan fingerprint density at radius 1 is 1.29 bits per heavy atom. The van der Waals surface area contributed by atoms with Gasteiger partial charge in [-0.05, 0) is 31.0 Å². The molecule has 2 heterocycles. The topological polar surface area (TPSA) is 58.6 Å². The van der Waals surface area contributed by atoms with E-state index in [-0.39, 0.29) is 17.2 Å². The van der Waals surface area contributed by atoms with Crippen LogP contribution in [0.5, 0.6) is 5.75 Å². The number of carbonyl (C=O) groups excluding carboxylic acids is 2. The summed E-state index contributed by atoms with van der Waals surface area (Å²) in [6.07, 6.45) is -3.59. The van der Waals surface area contributed by atoms with Crippen LogP contribution in [0.25, 0.3) is 0 Å². The van der Waals surface area contributed by atoms with Crippen molar-refractivity contribution >= 4 is 17.5 Å². The van der Waals surface area contributed by atoms with Gasteiger partial charge in [0.15, 0.2) is 0 Å². The van der Waals surface area contributed by atoms with Gasteiger partial charge in [0.05, 0.1) is 11.3 Å². The fourth-order valence-corrected chi connectivity index (χ4v) is 2.66. The van der Waals surface area contributed by atoms with Gasteiger partial charge in [0.2, 0.25) is 5.91 Å². The molecular formula is C13H11F3N2O3. The quantitative estimate of drug-likeness (QED) is 0.864. The van der Waals surface area contributed by atoms with Gasteiger partial charge in [-0.1, -0.05) is 0 Å². The summed E-state index contributed by atoms with van der Waals surface area (Å²) < 4.78 is 40.5. The fourth-order valence-electron chi connectivity index (χ4n) is 2.66. The lowest BCUT2D eigenvalue weighted by Crippen LogP contribution is -2.40. The summed E-state index contributed by atoms with van der Waals surface area (Å²) in [6.45, 7) is 0.417. The minimum atomic E-state index is -4.83. The molecule has 3 rings (SSSR count). The van der Waals surface area contributed by atoms with Crippen molar-refractivity contribution in [2.45, 2.75) is 25.2 Å². The van der Waals surface area contributed by atoms with E-state index in [0.29, 0.717) is 19.4 Å². The van der Waals surface area contributed by atoms with Crippen LogP contribution in [-0.4, -0.2) is 35.7 Å². The van der Waals surface area contributed by atoms with Crippen LogP contribution in [0.4, 0.5) is 18.9 Å². The Balaban J connectivity index is 1.99. The van der Waals surface area contributed by atoms with Crippen LogP contribution in [0.2, 0.25) is 0 Å². The molecule has 21 heavy (non-hydrogen) atoms. The van der Waals surface area contributed by atoms with Crippen molar-refractivity contribution in [3.8, 4) is 5.75 Å². The molecule has 0 radical (unpaired) electrons. The van der Waals surface area contributed by atoms with Crippen LogP contribution in [0.1, 0.15) is 23.2 Å². The van der Waals surface area contributed by atoms with Crippen molar-refractivity contribution in [1.29, 1.82) is 0 Å². The first-order chi connectivity index (χ1) is 9.85. The van der Waals surface area contributed by atoms with Crippen LogP contribution >= 0.6 is 0 Å². The van der Waals surface area contributed by atoms with E-state index in [9.17, 15) is 22.8 Å². The van der Waals surface area contributed by atoms with E-state index in [1.807, 2.05) is 0 Å². The Morgan fingerprint density at radius 3 is 2.76 bits per heavy atom. The molecule has 8 heteroatoms. The second kappa shape index (κ2) is 4.64. The van der Waals surface area contributed by atoms with E-state index < -0.39 is 24.1 Å². The average Bonchev–Trinajstić information content (AvgIpc) is 2.84. The normalized spacial score (nSPS) is 21.5. The molecule has 0 saturated carbocycles. The molecule has 112 valence electrons. The molecule has 0 bridgehead atoms. The summed E-state index contributed by atoms with van der Waals surface area (Å²) in [5.74, 6) is -1.26. The first-order valence-electron chi connectivity index (χ1n) is 6.37. The number of carbonyl (C=O) groups is 2. The highest BCUT2D eigenvalue weighted by Crippen LogP contribution is 2.32. The number of hydrogen-bond acceptors (Lipinski definition) is 3. The molecule has 1 atom stereocenters. The van der Waals surface area contributed by atoms with Crippen molar-refractivity contribution in [1.82, 2.24) is 4.90 Å². The molecule has 1 N–H and O–H groups in total. The number of nitrogens with one attached hydrogen (secondary N) is 1. The number of fused-ring (bicyclic) bond motifs is 2. The maximum atomic E-state index is 12.4. The van der Waals surface area contributed by atoms with E-state index in [1.54, 1.807) is 0 Å². The van der Waals surface area contributed by atoms with Crippen molar-refractivity contribution < 1.29 is 27.5 Å². The van der Waals surface area contributed by atoms with E-state index in [1.165, 1.54) is 11.0 Å². The average molecular weight is 300 g/mol. The standard InChI is InChI=1S/C13H11F3N2O3/c14-13(15,16)21-7-3-4-9-8(6-7)12(20)18-5-1-2-10(18)11(19)17-9/h3-4,6,10H,1-2,5H2,(H,17,19). The number of amides is 2. The van der Waals surface area contributed by atoms with Crippen molar-refractivity contribution in [2.75, 3.05) is 11.9 Å². The minimum absolute atomic E-state index is 0.00880. The zero-order chi connectivity index (χ0) is 15.2. The van der Waals surface area contributed by atoms with E-state index in [2.05, 4.69) is 10.1 Å². The molecule has 1 aromatic carbocycles. The van der Waals surface area contributed by atoms with Crippen LogP contribution in [0.3, 0.4) is 0 Å². The van der Waals surface area contributed by atoms with Gasteiger partial charge in [-0.2, -0.15) is 0 Å². The van der Waals surface area contributed by atoms with Gasteiger partial charge in [-0.25, -0.2) is 0 Å². The third-order valence-corrected chi connectivity index (χ3v) is 3.53. The van der Waals surface area contributed by atoms with Gasteiger partial charge < -0.3 is 15.0 Å². The summed E-state index contributed by atoms with van der Waals surface area (Å²) in [7, 11) is 0. The molecule has 2 aliphatic heterocycles. The van der Waals surface area contributed by atoms with E-state index >= 15 is 0 Å². The van der Waals surface area contributed by atoms with Gasteiger partial charge in [-0.3, -0.25) is 9.59 Å². The Morgan fingerprint density at radius 2 is 2.05 bits per heavy atom. The van der Waals surface area contributed by atoms with Crippen LogP contribution in [0.15, 0.2) is 18.2 Å². The summed E-state index contributed by atoms with van der Waals surface area (Å²) in [5.41, 5.74) is 0.212. The SMILES string of the molecule is O=C1Nc2ccc(OC(F)(F)F)cc2C(=O)N2CCCC12. The highest BCUT2D eigenvalue weighted by molar-refractivity contribution is 6.10. The monoisotopic (exact) mass is 300 g/mol. The third-order valence-electron chi connectivity index (χ3n) is 3.53. The van der Waals surface area contributed by atoms with Gasteiger partial charge >= 0.3 is 6.36 Å². The zero-order valence-corrected chi connectivity index (χ0v) is 10.7. The summed E-state index contributed by atoms with van der Waals surface area (Å²) in [4.78, 5) is 25.8. The number of anilines is 1. The number of benzene rings is 1. The Kier molecular flexibility index (Phi) is 3.03. The molecule has 1 unspecified atom stereocenters. The lowest BCUT2D eigenvalue weighted by atomic mass is 10.1. The molecule has 0 aromatic heterocycles. The van der Waals surface area contributed by atoms with Crippen molar-refractivity contribution in [3.63, 3.8) is 0 Å². The third kappa shape index (κ3) is 2.53. The largest absolute Gasteiger partial charge is 0.573 e. The summed E-state index contributed by atoms with van der Waals surface area (Å²) in [6, 6.07) is 2.76. The van der Waals surface area contributed by atoms with Gasteiger partial charge in [-0.15, -0.1) is 13.2 Å². The zero-order valence-electron chi connectivity index (χ0n) is 10.7. The van der Waals surface area contributed by atoms with Crippen LogP contribution in [-0.2, 0) is 4.79 Å². The second-order valence-electron chi connectivity index (χ2n) is 4.90. The number of rotatable bonds is 1. The number of hydrogen-bond donors (Lipinski definition) is 1. The molecule has 2 amide bonds. The second-order valence-corrected chi connectivity index (χ2v) is 4.90. The van der Waals surface area contributed by atoms with Crippen LogP contribution in [0, 0.1) is 0 Å². The fraction of sp³-hybridized carbons (Fsp3) is 0.385. The molecule has 1 fully saturated rings. The molecule has 5 nitrogen and oxygen atoms in total. The van der Waals surface area contributed by atoms with Gasteiger partial charge in [0.1, 0.15) is 11.8 Å². The molecule has 0 spiro atoms. The Bertz CT molecular complexity index is 615.